The van der Waals surface area contributed by atoms with Crippen LogP contribution in [0.5, 0.6) is 0 Å². The average Bonchev–Trinajstić information content (AvgIpc) is 3.18. The fraction of sp³-hybridized carbons (Fsp3) is 0.417. The van der Waals surface area contributed by atoms with Crippen molar-refractivity contribution in [2.45, 2.75) is 61.9 Å². The van der Waals surface area contributed by atoms with E-state index < -0.39 is 28.7 Å². The third-order valence-corrected chi connectivity index (χ3v) is 7.99. The van der Waals surface area contributed by atoms with Crippen LogP contribution in [0.15, 0.2) is 36.4 Å². The highest BCUT2D eigenvalue weighted by molar-refractivity contribution is 6.31. The van der Waals surface area contributed by atoms with Crippen LogP contribution in [-0.4, -0.2) is 23.3 Å². The highest BCUT2D eigenvalue weighted by Crippen LogP contribution is 2.62. The van der Waals surface area contributed by atoms with Crippen molar-refractivity contribution < 1.29 is 14.0 Å². The predicted molar refractivity (Wildman–Crippen MR) is 119 cm³/mol. The van der Waals surface area contributed by atoms with Gasteiger partial charge in [0.2, 0.25) is 5.91 Å². The van der Waals surface area contributed by atoms with Crippen molar-refractivity contribution in [1.82, 2.24) is 5.32 Å². The third kappa shape index (κ3) is 2.76. The lowest BCUT2D eigenvalue weighted by Crippen LogP contribution is -2.60. The fourth-order valence-electron chi connectivity index (χ4n) is 6.34. The summed E-state index contributed by atoms with van der Waals surface area (Å²) in [5.74, 6) is -1.65. The highest BCUT2D eigenvalue weighted by Gasteiger charge is 2.71. The summed E-state index contributed by atoms with van der Waals surface area (Å²) in [4.78, 5) is 26.8. The van der Waals surface area contributed by atoms with E-state index in [1.807, 2.05) is 6.07 Å². The van der Waals surface area contributed by atoms with Crippen molar-refractivity contribution in [2.24, 2.45) is 0 Å². The minimum atomic E-state index is -1.14. The van der Waals surface area contributed by atoms with E-state index in [1.165, 1.54) is 13.0 Å². The maximum Gasteiger partial charge on any atom is 0.237 e. The summed E-state index contributed by atoms with van der Waals surface area (Å²) in [6, 6.07) is 9.43. The standard InChI is InChI=1S/C24H23Cl2FN2O2/c1-13(30)21-19(15-6-5-7-17(26)20(15)27)24(23(29-21)10-3-2-4-11-23)16-9-8-14(25)12-18(16)28-22(24)31/h5-9,12,19,21,29H,2-4,10-11H2,1H3,(H,28,31)/t19-,21-,24+/m0/s1. The van der Waals surface area contributed by atoms with Crippen molar-refractivity contribution in [3.8, 4) is 0 Å². The van der Waals surface area contributed by atoms with Gasteiger partial charge in [0.1, 0.15) is 17.0 Å². The molecule has 1 aliphatic carbocycles. The first kappa shape index (κ1) is 20.9. The molecule has 0 bridgehead atoms. The van der Waals surface area contributed by atoms with Crippen molar-refractivity contribution in [2.75, 3.05) is 5.32 Å². The van der Waals surface area contributed by atoms with Crippen LogP contribution in [0.1, 0.15) is 56.1 Å². The van der Waals surface area contributed by atoms with Crippen LogP contribution in [0.25, 0.3) is 0 Å². The first-order valence-electron chi connectivity index (χ1n) is 10.7. The number of anilines is 1. The van der Waals surface area contributed by atoms with Crippen LogP contribution in [0.4, 0.5) is 10.1 Å². The number of hydrogen-bond acceptors (Lipinski definition) is 3. The summed E-state index contributed by atoms with van der Waals surface area (Å²) in [6.07, 6.45) is 4.38. The maximum absolute atomic E-state index is 15.4. The summed E-state index contributed by atoms with van der Waals surface area (Å²) in [7, 11) is 0. The molecule has 3 atom stereocenters. The monoisotopic (exact) mass is 460 g/mol. The molecule has 2 spiro atoms. The van der Waals surface area contributed by atoms with Crippen LogP contribution >= 0.6 is 23.2 Å². The first-order valence-corrected chi connectivity index (χ1v) is 11.4. The van der Waals surface area contributed by atoms with E-state index in [2.05, 4.69) is 10.6 Å². The van der Waals surface area contributed by atoms with Gasteiger partial charge in [-0.25, -0.2) is 4.39 Å². The number of rotatable bonds is 2. The topological polar surface area (TPSA) is 58.2 Å². The van der Waals surface area contributed by atoms with Gasteiger partial charge in [-0.3, -0.25) is 14.9 Å². The molecule has 1 amide bonds. The molecular weight excluding hydrogens is 438 g/mol. The summed E-state index contributed by atoms with van der Waals surface area (Å²) in [5, 5.41) is 7.06. The Labute approximate surface area is 190 Å². The largest absolute Gasteiger partial charge is 0.325 e. The van der Waals surface area contributed by atoms with E-state index >= 15 is 4.39 Å². The molecule has 2 N–H and O–H groups in total. The minimum absolute atomic E-state index is 0.0192. The Morgan fingerprint density at radius 3 is 2.58 bits per heavy atom. The highest BCUT2D eigenvalue weighted by atomic mass is 35.5. The minimum Gasteiger partial charge on any atom is -0.325 e. The number of benzene rings is 2. The van der Waals surface area contributed by atoms with E-state index in [-0.39, 0.29) is 16.7 Å². The number of carbonyl (C=O) groups is 2. The molecule has 31 heavy (non-hydrogen) atoms. The van der Waals surface area contributed by atoms with Gasteiger partial charge in [-0.1, -0.05) is 60.7 Å². The molecule has 4 nitrogen and oxygen atoms in total. The third-order valence-electron chi connectivity index (χ3n) is 7.46. The summed E-state index contributed by atoms with van der Waals surface area (Å²) in [5.41, 5.74) is -0.120. The zero-order valence-corrected chi connectivity index (χ0v) is 18.6. The smallest absolute Gasteiger partial charge is 0.237 e. The summed E-state index contributed by atoms with van der Waals surface area (Å²) >= 11 is 12.4. The van der Waals surface area contributed by atoms with Crippen LogP contribution in [0, 0.1) is 5.82 Å². The molecular formula is C24H23Cl2FN2O2. The SMILES string of the molecule is CC(=O)[C@@H]1NC2(CCCCC2)[C@@]2(C(=O)Nc3cc(Cl)ccc32)[C@H]1c1cccc(Cl)c1F. The molecule has 5 rings (SSSR count). The van der Waals surface area contributed by atoms with Crippen LogP contribution in [0.3, 0.4) is 0 Å². The molecule has 1 saturated heterocycles. The maximum atomic E-state index is 15.4. The van der Waals surface area contributed by atoms with Gasteiger partial charge < -0.3 is 5.32 Å². The molecule has 2 heterocycles. The average molecular weight is 461 g/mol. The molecule has 2 aliphatic heterocycles. The van der Waals surface area contributed by atoms with Gasteiger partial charge in [-0.15, -0.1) is 0 Å². The van der Waals surface area contributed by atoms with E-state index in [1.54, 1.807) is 24.3 Å². The van der Waals surface area contributed by atoms with Crippen LogP contribution < -0.4 is 10.6 Å². The lowest BCUT2D eigenvalue weighted by atomic mass is 9.55. The Bertz CT molecular complexity index is 1100. The lowest BCUT2D eigenvalue weighted by molar-refractivity contribution is -0.124. The van der Waals surface area contributed by atoms with Crippen LogP contribution in [0.2, 0.25) is 10.0 Å². The number of halogens is 3. The van der Waals surface area contributed by atoms with Gasteiger partial charge in [0, 0.05) is 22.2 Å². The molecule has 1 saturated carbocycles. The summed E-state index contributed by atoms with van der Waals surface area (Å²) in [6.45, 7) is 1.50. The lowest BCUT2D eigenvalue weighted by Gasteiger charge is -2.47. The number of Topliss-reactive ketones (excluding diaryl/α,β-unsaturated/α-hetero) is 1. The summed E-state index contributed by atoms with van der Waals surface area (Å²) < 4.78 is 15.4. The second-order valence-corrected chi connectivity index (χ2v) is 9.79. The molecule has 2 fully saturated rings. The number of fused-ring (bicyclic) bond motifs is 3. The quantitative estimate of drug-likeness (QED) is 0.633. The molecule has 2 aromatic carbocycles. The Balaban J connectivity index is 1.86. The van der Waals surface area contributed by atoms with Gasteiger partial charge >= 0.3 is 0 Å². The number of nitrogens with one attached hydrogen (secondary N) is 2. The van der Waals surface area contributed by atoms with Gasteiger partial charge in [0.25, 0.3) is 0 Å². The van der Waals surface area contributed by atoms with Gasteiger partial charge in [-0.2, -0.15) is 0 Å². The Kier molecular flexibility index (Phi) is 4.92. The number of amides is 1. The van der Waals surface area contributed by atoms with E-state index in [0.29, 0.717) is 16.3 Å². The number of carbonyl (C=O) groups excluding carboxylic acids is 2. The van der Waals surface area contributed by atoms with E-state index in [9.17, 15) is 9.59 Å². The zero-order valence-electron chi connectivity index (χ0n) is 17.1. The normalized spacial score (nSPS) is 28.7. The Hall–Kier alpha value is -1.95. The predicted octanol–water partition coefficient (Wildman–Crippen LogP) is 5.37. The van der Waals surface area contributed by atoms with Crippen molar-refractivity contribution in [3.05, 3.63) is 63.4 Å². The van der Waals surface area contributed by atoms with Gasteiger partial charge in [-0.05, 0) is 49.1 Å². The van der Waals surface area contributed by atoms with E-state index in [0.717, 1.165) is 37.7 Å². The number of ketones is 1. The van der Waals surface area contributed by atoms with Crippen molar-refractivity contribution >= 4 is 40.6 Å². The molecule has 0 aromatic heterocycles. The second kappa shape index (κ2) is 7.29. The molecule has 0 unspecified atom stereocenters. The van der Waals surface area contributed by atoms with Gasteiger partial charge in [0.15, 0.2) is 0 Å². The molecule has 2 aromatic rings. The molecule has 0 radical (unpaired) electrons. The van der Waals surface area contributed by atoms with Gasteiger partial charge in [0.05, 0.1) is 11.1 Å². The Morgan fingerprint density at radius 2 is 1.87 bits per heavy atom. The second-order valence-electron chi connectivity index (χ2n) is 8.95. The van der Waals surface area contributed by atoms with Crippen LogP contribution in [-0.2, 0) is 15.0 Å². The molecule has 7 heteroatoms. The first-order chi connectivity index (χ1) is 14.8. The van der Waals surface area contributed by atoms with E-state index in [4.69, 9.17) is 23.2 Å². The number of hydrogen-bond donors (Lipinski definition) is 2. The Morgan fingerprint density at radius 1 is 1.13 bits per heavy atom. The molecule has 3 aliphatic rings. The zero-order chi connectivity index (χ0) is 22.0. The molecule has 162 valence electrons. The fourth-order valence-corrected chi connectivity index (χ4v) is 6.69. The van der Waals surface area contributed by atoms with Crippen molar-refractivity contribution in [1.29, 1.82) is 0 Å². The van der Waals surface area contributed by atoms with Crippen molar-refractivity contribution in [3.63, 3.8) is 0 Å².